The van der Waals surface area contributed by atoms with Crippen LogP contribution in [-0.4, -0.2) is 33.4 Å². The molecule has 3 aliphatic carbocycles. The Morgan fingerprint density at radius 2 is 1.74 bits per heavy atom. The van der Waals surface area contributed by atoms with E-state index in [0.29, 0.717) is 27.7 Å². The first-order chi connectivity index (χ1) is 20.2. The van der Waals surface area contributed by atoms with E-state index in [1.54, 1.807) is 25.1 Å². The number of aromatic hydroxyl groups is 1. The third kappa shape index (κ3) is 3.56. The van der Waals surface area contributed by atoms with Crippen LogP contribution in [0.15, 0.2) is 95.1 Å². The number of anilines is 1. The van der Waals surface area contributed by atoms with E-state index in [1.807, 2.05) is 24.3 Å². The molecule has 208 valence electrons. The molecule has 0 saturated carbocycles. The fourth-order valence-electron chi connectivity index (χ4n) is 7.24. The van der Waals surface area contributed by atoms with Gasteiger partial charge in [0.05, 0.1) is 22.4 Å². The van der Waals surface area contributed by atoms with Gasteiger partial charge in [-0.15, -0.1) is 0 Å². The monoisotopic (exact) mass is 560 g/mol. The highest BCUT2D eigenvalue weighted by Crippen LogP contribution is 2.56. The average Bonchev–Trinajstić information content (AvgIpc) is 3.25. The molecule has 1 fully saturated rings. The topological polar surface area (TPSA) is 135 Å². The van der Waals surface area contributed by atoms with Crippen LogP contribution in [0.25, 0.3) is 10.8 Å². The molecule has 0 bridgehead atoms. The molecule has 1 heterocycles. The summed E-state index contributed by atoms with van der Waals surface area (Å²) in [5.74, 6) is -4.46. The van der Waals surface area contributed by atoms with Gasteiger partial charge in [-0.3, -0.25) is 29.3 Å². The fourth-order valence-corrected chi connectivity index (χ4v) is 7.24. The molecule has 7 rings (SSSR count). The second kappa shape index (κ2) is 9.17. The number of nitrogens with zero attached hydrogens (tertiary/aromatic N) is 2. The summed E-state index contributed by atoms with van der Waals surface area (Å²) in [6.07, 6.45) is 3.52. The maximum atomic E-state index is 14.0. The lowest BCUT2D eigenvalue weighted by atomic mass is 9.59. The van der Waals surface area contributed by atoms with Gasteiger partial charge in [-0.05, 0) is 43.2 Å². The van der Waals surface area contributed by atoms with Crippen molar-refractivity contribution in [1.82, 2.24) is 0 Å². The Hall–Kier alpha value is -5.18. The maximum Gasteiger partial charge on any atom is 0.271 e. The zero-order valence-electron chi connectivity index (χ0n) is 22.4. The first-order valence-electron chi connectivity index (χ1n) is 13.7. The average molecular weight is 561 g/mol. The molecule has 1 saturated heterocycles. The molecule has 3 aromatic carbocycles. The smallest absolute Gasteiger partial charge is 0.271 e. The first-order valence-corrected chi connectivity index (χ1v) is 13.7. The van der Waals surface area contributed by atoms with Crippen molar-refractivity contribution in [2.24, 2.45) is 17.8 Å². The van der Waals surface area contributed by atoms with Gasteiger partial charge in [-0.25, -0.2) is 4.90 Å². The maximum absolute atomic E-state index is 14.0. The van der Waals surface area contributed by atoms with Crippen LogP contribution in [0.5, 0.6) is 5.75 Å². The highest BCUT2D eigenvalue weighted by Gasteiger charge is 2.57. The second-order valence-corrected chi connectivity index (χ2v) is 11.2. The van der Waals surface area contributed by atoms with Crippen LogP contribution < -0.4 is 4.90 Å². The molecule has 4 aliphatic rings. The number of fused-ring (bicyclic) bond motifs is 4. The quantitative estimate of drug-likeness (QED) is 0.155. The molecule has 2 amide bonds. The summed E-state index contributed by atoms with van der Waals surface area (Å²) in [4.78, 5) is 66.5. The van der Waals surface area contributed by atoms with Crippen LogP contribution in [0.1, 0.15) is 31.2 Å². The number of hydrogen-bond acceptors (Lipinski definition) is 7. The Morgan fingerprint density at radius 1 is 0.952 bits per heavy atom. The van der Waals surface area contributed by atoms with Gasteiger partial charge < -0.3 is 5.11 Å². The minimum absolute atomic E-state index is 0.00723. The third-order valence-corrected chi connectivity index (χ3v) is 9.10. The summed E-state index contributed by atoms with van der Waals surface area (Å²) in [5, 5.41) is 24.3. The SMILES string of the molecule is CC1=CC(=O)C2=C(CC3C(=CCC4C(=O)N(c5cccc([N+](=O)[O-])c5)C(=O)C43)C2c2ccc3ccccc3c2O)C1=O. The van der Waals surface area contributed by atoms with Gasteiger partial charge in [-0.2, -0.15) is 0 Å². The van der Waals surface area contributed by atoms with Gasteiger partial charge in [0.2, 0.25) is 11.8 Å². The van der Waals surface area contributed by atoms with Crippen molar-refractivity contribution >= 4 is 45.5 Å². The van der Waals surface area contributed by atoms with Crippen molar-refractivity contribution in [2.75, 3.05) is 4.90 Å². The van der Waals surface area contributed by atoms with E-state index in [9.17, 15) is 34.4 Å². The number of phenolic OH excluding ortho intramolecular Hbond substituents is 1. The predicted molar refractivity (Wildman–Crippen MR) is 153 cm³/mol. The number of amides is 2. The van der Waals surface area contributed by atoms with Crippen LogP contribution in [0.3, 0.4) is 0 Å². The van der Waals surface area contributed by atoms with Crippen molar-refractivity contribution in [3.8, 4) is 5.75 Å². The number of imide groups is 1. The number of phenols is 1. The van der Waals surface area contributed by atoms with Crippen LogP contribution in [-0.2, 0) is 19.2 Å². The molecule has 4 atom stereocenters. The lowest BCUT2D eigenvalue weighted by Crippen LogP contribution is -2.39. The minimum Gasteiger partial charge on any atom is -0.507 e. The number of nitro benzene ring substituents is 1. The number of ketones is 2. The molecule has 0 radical (unpaired) electrons. The number of carbonyl (C=O) groups excluding carboxylic acids is 4. The molecule has 42 heavy (non-hydrogen) atoms. The van der Waals surface area contributed by atoms with E-state index in [1.165, 1.54) is 30.3 Å². The Bertz CT molecular complexity index is 1900. The number of nitro groups is 1. The summed E-state index contributed by atoms with van der Waals surface area (Å²) in [6.45, 7) is 1.58. The Labute approximate surface area is 239 Å². The highest BCUT2D eigenvalue weighted by atomic mass is 16.6. The molecule has 9 heteroatoms. The van der Waals surface area contributed by atoms with Crippen molar-refractivity contribution < 1.29 is 29.2 Å². The first kappa shape index (κ1) is 25.8. The van der Waals surface area contributed by atoms with Gasteiger partial charge in [-0.1, -0.05) is 54.1 Å². The molecule has 1 aliphatic heterocycles. The summed E-state index contributed by atoms with van der Waals surface area (Å²) >= 11 is 0. The molecule has 1 N–H and O–H groups in total. The van der Waals surface area contributed by atoms with E-state index < -0.39 is 40.4 Å². The van der Waals surface area contributed by atoms with E-state index in [-0.39, 0.29) is 41.5 Å². The van der Waals surface area contributed by atoms with Crippen molar-refractivity contribution in [1.29, 1.82) is 0 Å². The van der Waals surface area contributed by atoms with Crippen LogP contribution in [0.2, 0.25) is 0 Å². The highest BCUT2D eigenvalue weighted by molar-refractivity contribution is 6.25. The van der Waals surface area contributed by atoms with Crippen LogP contribution in [0, 0.1) is 27.9 Å². The molecule has 4 unspecified atom stereocenters. The molecule has 3 aromatic rings. The summed E-state index contributed by atoms with van der Waals surface area (Å²) in [7, 11) is 0. The number of hydrogen-bond donors (Lipinski definition) is 1. The Morgan fingerprint density at radius 3 is 2.52 bits per heavy atom. The number of rotatable bonds is 3. The second-order valence-electron chi connectivity index (χ2n) is 11.2. The lowest BCUT2D eigenvalue weighted by Gasteiger charge is -2.42. The van der Waals surface area contributed by atoms with E-state index in [4.69, 9.17) is 0 Å². The number of non-ortho nitro benzene ring substituents is 1. The van der Waals surface area contributed by atoms with Gasteiger partial charge >= 0.3 is 0 Å². The Kier molecular flexibility index (Phi) is 5.63. The molecule has 9 nitrogen and oxygen atoms in total. The van der Waals surface area contributed by atoms with Crippen LogP contribution >= 0.6 is 0 Å². The number of Topliss-reactive ketones (excluding diaryl/α,β-unsaturated/α-hetero) is 1. The minimum atomic E-state index is -0.829. The largest absolute Gasteiger partial charge is 0.507 e. The summed E-state index contributed by atoms with van der Waals surface area (Å²) < 4.78 is 0. The normalized spacial score (nSPS) is 25.2. The summed E-state index contributed by atoms with van der Waals surface area (Å²) in [5.41, 5.74) is 1.95. The van der Waals surface area contributed by atoms with E-state index in [0.717, 1.165) is 15.9 Å². The standard InChI is InChI=1S/C33H24N2O7/c1-16-13-26(36)29-25(30(16)37)15-24-21(27(29)22-10-9-17-5-2-3-8-20(17)31(22)38)11-12-23-28(24)33(40)34(32(23)39)18-6-4-7-19(14-18)35(41)42/h2-11,13-14,23-24,27-28,38H,12,15H2,1H3. The number of benzene rings is 3. The molecule has 0 aromatic heterocycles. The zero-order chi connectivity index (χ0) is 29.4. The zero-order valence-corrected chi connectivity index (χ0v) is 22.4. The molecule has 0 spiro atoms. The fraction of sp³-hybridized carbons (Fsp3) is 0.212. The number of carbonyl (C=O) groups is 4. The van der Waals surface area contributed by atoms with E-state index in [2.05, 4.69) is 0 Å². The van der Waals surface area contributed by atoms with Gasteiger partial charge in [0, 0.05) is 45.7 Å². The summed E-state index contributed by atoms with van der Waals surface area (Å²) in [6, 6.07) is 16.3. The predicted octanol–water partition coefficient (Wildman–Crippen LogP) is 5.09. The Balaban J connectivity index is 1.38. The van der Waals surface area contributed by atoms with Gasteiger partial charge in [0.1, 0.15) is 5.75 Å². The van der Waals surface area contributed by atoms with Crippen molar-refractivity contribution in [2.45, 2.75) is 25.7 Å². The lowest BCUT2D eigenvalue weighted by molar-refractivity contribution is -0.384. The van der Waals surface area contributed by atoms with E-state index >= 15 is 0 Å². The van der Waals surface area contributed by atoms with Gasteiger partial charge in [0.15, 0.2) is 11.6 Å². The third-order valence-electron chi connectivity index (χ3n) is 9.10. The molecular formula is C33H24N2O7. The van der Waals surface area contributed by atoms with Crippen LogP contribution in [0.4, 0.5) is 11.4 Å². The van der Waals surface area contributed by atoms with Crippen molar-refractivity contribution in [3.63, 3.8) is 0 Å². The molecular weight excluding hydrogens is 536 g/mol. The van der Waals surface area contributed by atoms with Crippen molar-refractivity contribution in [3.05, 3.63) is 111 Å². The van der Waals surface area contributed by atoms with Gasteiger partial charge in [0.25, 0.3) is 5.69 Å². The number of allylic oxidation sites excluding steroid dienone is 6.